The predicted molar refractivity (Wildman–Crippen MR) is 104 cm³/mol. The Bertz CT molecular complexity index is 805. The van der Waals surface area contributed by atoms with Crippen LogP contribution in [0.15, 0.2) is 42.6 Å². The summed E-state index contributed by atoms with van der Waals surface area (Å²) >= 11 is 0. The molecule has 1 aliphatic rings. The number of methoxy groups -OCH3 is 1. The highest BCUT2D eigenvalue weighted by Gasteiger charge is 2.34. The normalized spacial score (nSPS) is 18.7. The maximum Gasteiger partial charge on any atom is 0.253 e. The van der Waals surface area contributed by atoms with Crippen LogP contribution in [0.2, 0.25) is 0 Å². The number of pyridine rings is 1. The van der Waals surface area contributed by atoms with Crippen molar-refractivity contribution in [3.05, 3.63) is 53.7 Å². The van der Waals surface area contributed by atoms with E-state index in [1.807, 2.05) is 24.3 Å². The minimum atomic E-state index is -0.231. The highest BCUT2D eigenvalue weighted by Crippen LogP contribution is 2.28. The van der Waals surface area contributed by atoms with E-state index in [0.29, 0.717) is 11.4 Å². The maximum absolute atomic E-state index is 12.8. The Balaban J connectivity index is 1.65. The third kappa shape index (κ3) is 4.45. The molecule has 142 valence electrons. The first-order valence-electron chi connectivity index (χ1n) is 9.32. The van der Waals surface area contributed by atoms with Crippen LogP contribution < -0.4 is 15.4 Å². The maximum atomic E-state index is 12.8. The average molecular weight is 367 g/mol. The number of carbonyl (C=O) groups excluding carboxylic acids is 2. The lowest BCUT2D eigenvalue weighted by molar-refractivity contribution is -0.120. The van der Waals surface area contributed by atoms with Crippen LogP contribution in [0.25, 0.3) is 0 Å². The number of hydrogen-bond donors (Lipinski definition) is 2. The average Bonchev–Trinajstić information content (AvgIpc) is 3.16. The van der Waals surface area contributed by atoms with Gasteiger partial charge in [-0.1, -0.05) is 31.5 Å². The first kappa shape index (κ1) is 18.9. The van der Waals surface area contributed by atoms with Crippen LogP contribution in [0.1, 0.15) is 42.1 Å². The van der Waals surface area contributed by atoms with Crippen molar-refractivity contribution in [2.45, 2.75) is 38.6 Å². The van der Waals surface area contributed by atoms with E-state index in [4.69, 9.17) is 4.74 Å². The lowest BCUT2D eigenvalue weighted by Crippen LogP contribution is -2.42. The molecule has 1 aromatic heterocycles. The lowest BCUT2D eigenvalue weighted by atomic mass is 10.0. The van der Waals surface area contributed by atoms with Gasteiger partial charge in [-0.2, -0.15) is 0 Å². The van der Waals surface area contributed by atoms with Gasteiger partial charge in [0, 0.05) is 24.0 Å². The van der Waals surface area contributed by atoms with Crippen molar-refractivity contribution in [2.75, 3.05) is 12.4 Å². The Morgan fingerprint density at radius 3 is 2.70 bits per heavy atom. The topological polar surface area (TPSA) is 80.3 Å². The zero-order valence-corrected chi connectivity index (χ0v) is 15.7. The van der Waals surface area contributed by atoms with Gasteiger partial charge >= 0.3 is 0 Å². The molecule has 0 bridgehead atoms. The van der Waals surface area contributed by atoms with Crippen molar-refractivity contribution in [2.24, 2.45) is 5.92 Å². The van der Waals surface area contributed by atoms with Crippen LogP contribution in [-0.2, 0) is 11.2 Å². The van der Waals surface area contributed by atoms with Crippen molar-refractivity contribution in [3.8, 4) is 5.88 Å². The van der Waals surface area contributed by atoms with Crippen LogP contribution in [-0.4, -0.2) is 29.9 Å². The fraction of sp³-hybridized carbons (Fsp3) is 0.381. The number of nitrogens with zero attached hydrogens (tertiary/aromatic N) is 1. The molecular formula is C21H25N3O3. The van der Waals surface area contributed by atoms with Gasteiger partial charge in [-0.05, 0) is 37.0 Å². The largest absolute Gasteiger partial charge is 0.481 e. The van der Waals surface area contributed by atoms with Gasteiger partial charge in [-0.25, -0.2) is 4.98 Å². The van der Waals surface area contributed by atoms with Gasteiger partial charge in [0.1, 0.15) is 0 Å². The lowest BCUT2D eigenvalue weighted by Gasteiger charge is -2.21. The predicted octanol–water partition coefficient (Wildman–Crippen LogP) is 3.19. The van der Waals surface area contributed by atoms with Crippen LogP contribution in [0, 0.1) is 5.92 Å². The van der Waals surface area contributed by atoms with Gasteiger partial charge in [0.2, 0.25) is 11.8 Å². The van der Waals surface area contributed by atoms with Gasteiger partial charge in [-0.15, -0.1) is 0 Å². The SMILES string of the molecule is CCc1ccccc1NC(=O)[C@H]1CCC[C@H]1NC(=O)c1ccc(OC)nc1. The van der Waals surface area contributed by atoms with Crippen molar-refractivity contribution in [1.29, 1.82) is 0 Å². The molecule has 0 aliphatic heterocycles. The number of nitrogens with one attached hydrogen (secondary N) is 2. The number of hydrogen-bond acceptors (Lipinski definition) is 4. The van der Waals surface area contributed by atoms with Crippen LogP contribution >= 0.6 is 0 Å². The molecule has 1 aliphatic carbocycles. The molecule has 27 heavy (non-hydrogen) atoms. The van der Waals surface area contributed by atoms with Crippen molar-refractivity contribution >= 4 is 17.5 Å². The third-order valence-corrected chi connectivity index (χ3v) is 5.03. The Kier molecular flexibility index (Phi) is 6.06. The Morgan fingerprint density at radius 2 is 2.00 bits per heavy atom. The van der Waals surface area contributed by atoms with E-state index < -0.39 is 0 Å². The number of amides is 2. The van der Waals surface area contributed by atoms with Crippen molar-refractivity contribution < 1.29 is 14.3 Å². The quantitative estimate of drug-likeness (QED) is 0.822. The number of aryl methyl sites for hydroxylation is 1. The molecule has 0 radical (unpaired) electrons. The fourth-order valence-corrected chi connectivity index (χ4v) is 3.51. The summed E-state index contributed by atoms with van der Waals surface area (Å²) in [5.74, 6) is -0.0281. The number of benzene rings is 1. The molecule has 1 fully saturated rings. The summed E-state index contributed by atoms with van der Waals surface area (Å²) in [7, 11) is 1.53. The zero-order chi connectivity index (χ0) is 19.2. The molecule has 2 aromatic rings. The molecule has 3 rings (SSSR count). The molecular weight excluding hydrogens is 342 g/mol. The second-order valence-electron chi connectivity index (χ2n) is 6.71. The summed E-state index contributed by atoms with van der Waals surface area (Å²) in [5.41, 5.74) is 2.41. The molecule has 6 nitrogen and oxygen atoms in total. The van der Waals surface area contributed by atoms with Crippen LogP contribution in [0.5, 0.6) is 5.88 Å². The minimum absolute atomic E-state index is 0.0356. The van der Waals surface area contributed by atoms with E-state index in [0.717, 1.165) is 36.9 Å². The highest BCUT2D eigenvalue weighted by molar-refractivity contribution is 5.96. The van der Waals surface area contributed by atoms with Gasteiger partial charge in [0.05, 0.1) is 18.6 Å². The molecule has 2 N–H and O–H groups in total. The Hall–Kier alpha value is -2.89. The third-order valence-electron chi connectivity index (χ3n) is 5.03. The molecule has 0 unspecified atom stereocenters. The molecule has 6 heteroatoms. The van der Waals surface area contributed by atoms with Crippen LogP contribution in [0.4, 0.5) is 5.69 Å². The number of aromatic nitrogens is 1. The first-order chi connectivity index (χ1) is 13.1. The van der Waals surface area contributed by atoms with Gasteiger partial charge < -0.3 is 15.4 Å². The fourth-order valence-electron chi connectivity index (χ4n) is 3.51. The number of para-hydroxylation sites is 1. The van der Waals surface area contributed by atoms with Gasteiger partial charge in [-0.3, -0.25) is 9.59 Å². The summed E-state index contributed by atoms with van der Waals surface area (Å²) in [6.45, 7) is 2.06. The molecule has 2 atom stereocenters. The molecule has 1 aromatic carbocycles. The van der Waals surface area contributed by atoms with E-state index in [-0.39, 0.29) is 23.8 Å². The highest BCUT2D eigenvalue weighted by atomic mass is 16.5. The van der Waals surface area contributed by atoms with E-state index in [1.54, 1.807) is 12.1 Å². The zero-order valence-electron chi connectivity index (χ0n) is 15.7. The van der Waals surface area contributed by atoms with E-state index in [2.05, 4.69) is 22.5 Å². The van der Waals surface area contributed by atoms with Gasteiger partial charge in [0.15, 0.2) is 0 Å². The number of carbonyl (C=O) groups is 2. The molecule has 0 spiro atoms. The molecule has 0 saturated heterocycles. The van der Waals surface area contributed by atoms with E-state index in [9.17, 15) is 9.59 Å². The second-order valence-corrected chi connectivity index (χ2v) is 6.71. The summed E-state index contributed by atoms with van der Waals surface area (Å²) in [4.78, 5) is 29.4. The smallest absolute Gasteiger partial charge is 0.253 e. The number of rotatable bonds is 6. The monoisotopic (exact) mass is 367 g/mol. The number of ether oxygens (including phenoxy) is 1. The first-order valence-corrected chi connectivity index (χ1v) is 9.32. The van der Waals surface area contributed by atoms with Gasteiger partial charge in [0.25, 0.3) is 5.91 Å². The standard InChI is InChI=1S/C21H25N3O3/c1-3-14-7-4-5-9-17(14)23-21(26)16-8-6-10-18(16)24-20(25)15-11-12-19(27-2)22-13-15/h4-5,7,9,11-13,16,18H,3,6,8,10H2,1-2H3,(H,23,26)(H,24,25)/t16-,18+/m0/s1. The Labute approximate surface area is 159 Å². The minimum Gasteiger partial charge on any atom is -0.481 e. The van der Waals surface area contributed by atoms with Crippen molar-refractivity contribution in [3.63, 3.8) is 0 Å². The summed E-state index contributed by atoms with van der Waals surface area (Å²) in [6, 6.07) is 11.0. The summed E-state index contributed by atoms with van der Waals surface area (Å²) in [5, 5.41) is 6.04. The molecule has 1 saturated carbocycles. The summed E-state index contributed by atoms with van der Waals surface area (Å²) < 4.78 is 5.01. The molecule has 2 amide bonds. The second kappa shape index (κ2) is 8.66. The van der Waals surface area contributed by atoms with E-state index >= 15 is 0 Å². The van der Waals surface area contributed by atoms with Crippen LogP contribution in [0.3, 0.4) is 0 Å². The van der Waals surface area contributed by atoms with Crippen molar-refractivity contribution in [1.82, 2.24) is 10.3 Å². The Morgan fingerprint density at radius 1 is 1.19 bits per heavy atom. The van der Waals surface area contributed by atoms with E-state index in [1.165, 1.54) is 13.3 Å². The summed E-state index contributed by atoms with van der Waals surface area (Å²) in [6.07, 6.45) is 4.82. The molecule has 1 heterocycles. The number of anilines is 1.